The first-order valence-electron chi connectivity index (χ1n) is 11.8. The molecule has 0 unspecified atom stereocenters. The molecule has 0 aliphatic carbocycles. The van der Waals surface area contributed by atoms with Gasteiger partial charge >= 0.3 is 5.97 Å². The van der Waals surface area contributed by atoms with Gasteiger partial charge in [0.05, 0.1) is 18.8 Å². The number of carbonyl (C=O) groups excluding carboxylic acids is 1. The summed E-state index contributed by atoms with van der Waals surface area (Å²) < 4.78 is 5.09. The molecule has 33 heavy (non-hydrogen) atoms. The van der Waals surface area contributed by atoms with Crippen LogP contribution in [-0.4, -0.2) is 24.3 Å². The van der Waals surface area contributed by atoms with Crippen LogP contribution >= 0.6 is 0 Å². The summed E-state index contributed by atoms with van der Waals surface area (Å²) in [6.07, 6.45) is 6.53. The van der Waals surface area contributed by atoms with E-state index in [1.54, 1.807) is 0 Å². The second-order valence-electron chi connectivity index (χ2n) is 8.43. The Labute approximate surface area is 197 Å². The molecular weight excluding hydrogens is 408 g/mol. The van der Waals surface area contributed by atoms with Gasteiger partial charge < -0.3 is 9.84 Å². The Kier molecular flexibility index (Phi) is 9.46. The molecule has 0 spiro atoms. The summed E-state index contributed by atoms with van der Waals surface area (Å²) in [5.41, 5.74) is 7.56. The van der Waals surface area contributed by atoms with Gasteiger partial charge in [0.15, 0.2) is 0 Å². The maximum Gasteiger partial charge on any atom is 0.335 e. The van der Waals surface area contributed by atoms with Gasteiger partial charge in [0.2, 0.25) is 0 Å². The van der Waals surface area contributed by atoms with Crippen LogP contribution in [0.2, 0.25) is 0 Å². The van der Waals surface area contributed by atoms with E-state index in [-0.39, 0.29) is 12.2 Å². The van der Waals surface area contributed by atoms with Crippen LogP contribution in [-0.2, 0) is 22.4 Å². The standard InChI is InChI=1S/C30H34O3/c1-3-4-5-7-24-9-13-26(14-10-24)28-17-19-29(20-18-28)27-15-11-25(12-16-27)8-6-21-33-30(32)23(2)22-31/h9-20,31H,2-8,21-22H2,1H3. The average molecular weight is 443 g/mol. The van der Waals surface area contributed by atoms with Crippen LogP contribution in [0.5, 0.6) is 0 Å². The van der Waals surface area contributed by atoms with Crippen LogP contribution in [0.15, 0.2) is 84.9 Å². The molecular formula is C30H34O3. The SMILES string of the molecule is C=C(CO)C(=O)OCCCc1ccc(-c2ccc(-c3ccc(CCCCC)cc3)cc2)cc1. The van der Waals surface area contributed by atoms with Crippen molar-refractivity contribution in [1.29, 1.82) is 0 Å². The van der Waals surface area contributed by atoms with Crippen molar-refractivity contribution < 1.29 is 14.6 Å². The number of carbonyl (C=O) groups is 1. The molecule has 0 aliphatic heterocycles. The molecule has 0 fully saturated rings. The van der Waals surface area contributed by atoms with Crippen molar-refractivity contribution in [1.82, 2.24) is 0 Å². The second kappa shape index (κ2) is 12.8. The van der Waals surface area contributed by atoms with Crippen LogP contribution in [0.25, 0.3) is 22.3 Å². The maximum atomic E-state index is 11.5. The van der Waals surface area contributed by atoms with Crippen molar-refractivity contribution in [2.45, 2.75) is 45.4 Å². The molecule has 0 radical (unpaired) electrons. The molecule has 0 aromatic heterocycles. The fraction of sp³-hybridized carbons (Fsp3) is 0.300. The molecule has 0 aliphatic rings. The van der Waals surface area contributed by atoms with Crippen molar-refractivity contribution in [3.63, 3.8) is 0 Å². The molecule has 0 atom stereocenters. The third-order valence-electron chi connectivity index (χ3n) is 5.85. The van der Waals surface area contributed by atoms with Gasteiger partial charge in [0, 0.05) is 0 Å². The summed E-state index contributed by atoms with van der Waals surface area (Å²) >= 11 is 0. The third kappa shape index (κ3) is 7.44. The van der Waals surface area contributed by atoms with Crippen LogP contribution in [0, 0.1) is 0 Å². The van der Waals surface area contributed by atoms with Crippen molar-refractivity contribution >= 4 is 5.97 Å². The van der Waals surface area contributed by atoms with Gasteiger partial charge in [-0.15, -0.1) is 0 Å². The van der Waals surface area contributed by atoms with Crippen molar-refractivity contribution in [2.24, 2.45) is 0 Å². The Morgan fingerprint density at radius 3 is 1.58 bits per heavy atom. The molecule has 0 bridgehead atoms. The predicted octanol–water partition coefficient (Wildman–Crippen LogP) is 6.78. The highest BCUT2D eigenvalue weighted by Gasteiger charge is 2.07. The van der Waals surface area contributed by atoms with E-state index in [2.05, 4.69) is 86.3 Å². The smallest absolute Gasteiger partial charge is 0.335 e. The van der Waals surface area contributed by atoms with Crippen molar-refractivity contribution in [3.8, 4) is 22.3 Å². The van der Waals surface area contributed by atoms with E-state index in [0.29, 0.717) is 6.61 Å². The fourth-order valence-electron chi connectivity index (χ4n) is 3.77. The number of hydrogen-bond acceptors (Lipinski definition) is 3. The van der Waals surface area contributed by atoms with Gasteiger partial charge in [-0.3, -0.25) is 0 Å². The lowest BCUT2D eigenvalue weighted by Crippen LogP contribution is -2.11. The first-order valence-corrected chi connectivity index (χ1v) is 11.8. The van der Waals surface area contributed by atoms with E-state index in [1.807, 2.05) is 0 Å². The van der Waals surface area contributed by atoms with Crippen LogP contribution in [0.4, 0.5) is 0 Å². The molecule has 3 aromatic rings. The lowest BCUT2D eigenvalue weighted by atomic mass is 9.98. The van der Waals surface area contributed by atoms with E-state index >= 15 is 0 Å². The minimum atomic E-state index is -0.529. The van der Waals surface area contributed by atoms with E-state index in [0.717, 1.165) is 19.3 Å². The molecule has 1 N–H and O–H groups in total. The lowest BCUT2D eigenvalue weighted by molar-refractivity contribution is -0.139. The van der Waals surface area contributed by atoms with Gasteiger partial charge in [0.25, 0.3) is 0 Å². The van der Waals surface area contributed by atoms with Gasteiger partial charge in [-0.1, -0.05) is 99.1 Å². The zero-order chi connectivity index (χ0) is 23.5. The second-order valence-corrected chi connectivity index (χ2v) is 8.43. The minimum absolute atomic E-state index is 0.0878. The summed E-state index contributed by atoms with van der Waals surface area (Å²) in [4.78, 5) is 11.5. The normalized spacial score (nSPS) is 10.7. The molecule has 0 heterocycles. The molecule has 172 valence electrons. The van der Waals surface area contributed by atoms with Crippen molar-refractivity contribution in [2.75, 3.05) is 13.2 Å². The number of rotatable bonds is 12. The number of hydrogen-bond donors (Lipinski definition) is 1. The first-order chi connectivity index (χ1) is 16.1. The zero-order valence-electron chi connectivity index (χ0n) is 19.6. The average Bonchev–Trinajstić information content (AvgIpc) is 2.87. The fourth-order valence-corrected chi connectivity index (χ4v) is 3.77. The number of unbranched alkanes of at least 4 members (excludes halogenated alkanes) is 2. The molecule has 0 amide bonds. The Balaban J connectivity index is 1.52. The van der Waals surface area contributed by atoms with Crippen molar-refractivity contribution in [3.05, 3.63) is 96.1 Å². The summed E-state index contributed by atoms with van der Waals surface area (Å²) in [7, 11) is 0. The number of aliphatic hydroxyl groups is 1. The predicted molar refractivity (Wildman–Crippen MR) is 136 cm³/mol. The number of benzene rings is 3. The van der Waals surface area contributed by atoms with Gasteiger partial charge in [-0.25, -0.2) is 4.79 Å². The monoisotopic (exact) mass is 442 g/mol. The molecule has 3 nitrogen and oxygen atoms in total. The highest BCUT2D eigenvalue weighted by atomic mass is 16.5. The molecule has 0 saturated carbocycles. The van der Waals surface area contributed by atoms with Crippen LogP contribution in [0.3, 0.4) is 0 Å². The maximum absolute atomic E-state index is 11.5. The highest BCUT2D eigenvalue weighted by Crippen LogP contribution is 2.26. The van der Waals surface area contributed by atoms with E-state index < -0.39 is 5.97 Å². The summed E-state index contributed by atoms with van der Waals surface area (Å²) in [6.45, 7) is 5.65. The molecule has 0 saturated heterocycles. The van der Waals surface area contributed by atoms with E-state index in [1.165, 1.54) is 52.6 Å². The highest BCUT2D eigenvalue weighted by molar-refractivity contribution is 5.87. The lowest BCUT2D eigenvalue weighted by Gasteiger charge is -2.08. The zero-order valence-corrected chi connectivity index (χ0v) is 19.6. The first kappa shape index (κ1) is 24.5. The largest absolute Gasteiger partial charge is 0.462 e. The summed E-state index contributed by atoms with van der Waals surface area (Å²) in [5, 5.41) is 8.88. The Morgan fingerprint density at radius 2 is 1.15 bits per heavy atom. The quantitative estimate of drug-likeness (QED) is 0.191. The number of esters is 1. The summed E-state index contributed by atoms with van der Waals surface area (Å²) in [5.74, 6) is -0.529. The topological polar surface area (TPSA) is 46.5 Å². The minimum Gasteiger partial charge on any atom is -0.462 e. The molecule has 3 aromatic carbocycles. The number of aryl methyl sites for hydroxylation is 2. The number of ether oxygens (including phenoxy) is 1. The van der Waals surface area contributed by atoms with E-state index in [4.69, 9.17) is 9.84 Å². The third-order valence-corrected chi connectivity index (χ3v) is 5.85. The molecule has 3 heteroatoms. The van der Waals surface area contributed by atoms with Crippen LogP contribution < -0.4 is 0 Å². The number of aliphatic hydroxyl groups excluding tert-OH is 1. The van der Waals surface area contributed by atoms with Gasteiger partial charge in [-0.05, 0) is 59.1 Å². The Bertz CT molecular complexity index is 1020. The Hall–Kier alpha value is -3.17. The van der Waals surface area contributed by atoms with Crippen LogP contribution in [0.1, 0.15) is 43.7 Å². The van der Waals surface area contributed by atoms with E-state index in [9.17, 15) is 4.79 Å². The Morgan fingerprint density at radius 1 is 0.727 bits per heavy atom. The van der Waals surface area contributed by atoms with Gasteiger partial charge in [0.1, 0.15) is 0 Å². The summed E-state index contributed by atoms with van der Waals surface area (Å²) in [6, 6.07) is 26.2. The molecule has 3 rings (SSSR count). The van der Waals surface area contributed by atoms with Gasteiger partial charge in [-0.2, -0.15) is 0 Å².